The van der Waals surface area contributed by atoms with Crippen LogP contribution in [-0.4, -0.2) is 233 Å². The zero-order valence-electron chi connectivity index (χ0n) is 30.7. The van der Waals surface area contributed by atoms with Gasteiger partial charge in [0.2, 0.25) is 11.8 Å². The molecule has 1 atom stereocenters. The third-order valence-corrected chi connectivity index (χ3v) is 7.91. The van der Waals surface area contributed by atoms with E-state index in [0.717, 1.165) is 0 Å². The first-order valence-electron chi connectivity index (χ1n) is 17.7. The molecule has 7 N–H and O–H groups in total. The first-order valence-corrected chi connectivity index (χ1v) is 17.7. The third-order valence-electron chi connectivity index (χ3n) is 7.91. The lowest BCUT2D eigenvalue weighted by Gasteiger charge is -2.35. The predicted octanol–water partition coefficient (Wildman–Crippen LogP) is -3.79. The van der Waals surface area contributed by atoms with Gasteiger partial charge in [0.1, 0.15) is 6.04 Å². The monoisotopic (exact) mass is 765 g/mol. The zero-order valence-corrected chi connectivity index (χ0v) is 30.7. The van der Waals surface area contributed by atoms with Crippen molar-refractivity contribution in [2.24, 2.45) is 0 Å². The molecule has 0 saturated carbocycles. The van der Waals surface area contributed by atoms with Crippen LogP contribution in [0.2, 0.25) is 0 Å². The van der Waals surface area contributed by atoms with Gasteiger partial charge in [0.25, 0.3) is 0 Å². The summed E-state index contributed by atoms with van der Waals surface area (Å²) in [7, 11) is 1.69. The summed E-state index contributed by atoms with van der Waals surface area (Å²) in [6.07, 6.45) is -0.139. The molecular formula is C32H59N7O14. The number of carbonyl (C=O) groups excluding carboxylic acids is 2. The molecule has 53 heavy (non-hydrogen) atoms. The number of carbonyl (C=O) groups is 6. The number of aliphatic carboxylic acids is 4. The molecule has 0 aliphatic carbocycles. The fourth-order valence-electron chi connectivity index (χ4n) is 5.24. The highest BCUT2D eigenvalue weighted by Crippen LogP contribution is 2.11. The maximum atomic E-state index is 12.6. The Hall–Kier alpha value is -3.54. The van der Waals surface area contributed by atoms with Gasteiger partial charge in [-0.05, 0) is 13.5 Å². The van der Waals surface area contributed by atoms with Gasteiger partial charge < -0.3 is 55.3 Å². The Kier molecular flexibility index (Phi) is 26.8. The van der Waals surface area contributed by atoms with E-state index in [9.17, 15) is 49.2 Å². The normalized spacial score (nSPS) is 16.2. The summed E-state index contributed by atoms with van der Waals surface area (Å²) in [5.74, 6) is -4.88. The molecular weight excluding hydrogens is 706 g/mol. The van der Waals surface area contributed by atoms with Crippen molar-refractivity contribution in [3.63, 3.8) is 0 Å². The number of hydrogen-bond acceptors (Lipinski definition) is 15. The highest BCUT2D eigenvalue weighted by molar-refractivity contribution is 5.78. The summed E-state index contributed by atoms with van der Waals surface area (Å²) in [5, 5.41) is 46.4. The first-order chi connectivity index (χ1) is 25.4. The lowest BCUT2D eigenvalue weighted by Crippen LogP contribution is -2.52. The number of nitrogens with zero attached hydrogens (tertiary/aromatic N) is 4. The number of carboxylic acid groups (broad SMARTS) is 4. The molecule has 0 aromatic rings. The van der Waals surface area contributed by atoms with E-state index in [1.807, 2.05) is 0 Å². The number of hydrogen-bond donors (Lipinski definition) is 7. The van der Waals surface area contributed by atoms with Crippen LogP contribution in [0.25, 0.3) is 0 Å². The summed E-state index contributed by atoms with van der Waals surface area (Å²) in [4.78, 5) is 77.1. The number of likely N-dealkylation sites (N-methyl/N-ethyl adjacent to an activating group) is 1. The number of carboxylic acids is 4. The van der Waals surface area contributed by atoms with E-state index in [4.69, 9.17) is 18.9 Å². The molecule has 1 heterocycles. The average molecular weight is 766 g/mol. The Morgan fingerprint density at radius 1 is 0.547 bits per heavy atom. The fraction of sp³-hybridized carbons (Fsp3) is 0.812. The Labute approximate surface area is 309 Å². The van der Waals surface area contributed by atoms with E-state index in [-0.39, 0.29) is 116 Å². The van der Waals surface area contributed by atoms with Gasteiger partial charge in [-0.15, -0.1) is 0 Å². The minimum Gasteiger partial charge on any atom is -0.480 e. The number of nitrogens with one attached hydrogen (secondary N) is 3. The minimum absolute atomic E-state index is 0.0382. The van der Waals surface area contributed by atoms with Gasteiger partial charge in [-0.2, -0.15) is 0 Å². The van der Waals surface area contributed by atoms with Gasteiger partial charge in [0, 0.05) is 71.9 Å². The Balaban J connectivity index is 2.44. The molecule has 21 nitrogen and oxygen atoms in total. The van der Waals surface area contributed by atoms with Gasteiger partial charge in [0.15, 0.2) is 0 Å². The van der Waals surface area contributed by atoms with E-state index >= 15 is 0 Å². The molecule has 1 aliphatic heterocycles. The van der Waals surface area contributed by atoms with Crippen LogP contribution in [0.5, 0.6) is 0 Å². The van der Waals surface area contributed by atoms with Crippen LogP contribution in [0.4, 0.5) is 0 Å². The maximum absolute atomic E-state index is 12.6. The third kappa shape index (κ3) is 26.0. The molecule has 1 fully saturated rings. The highest BCUT2D eigenvalue weighted by Gasteiger charge is 2.28. The molecule has 1 aliphatic rings. The van der Waals surface area contributed by atoms with Crippen LogP contribution in [0, 0.1) is 0 Å². The quantitative estimate of drug-likeness (QED) is 0.0377. The number of rotatable bonds is 28. The molecule has 0 aromatic heterocycles. The van der Waals surface area contributed by atoms with Gasteiger partial charge in [-0.25, -0.2) is 0 Å². The van der Waals surface area contributed by atoms with Crippen LogP contribution >= 0.6 is 0 Å². The highest BCUT2D eigenvalue weighted by atomic mass is 16.6. The van der Waals surface area contributed by atoms with Gasteiger partial charge in [0.05, 0.1) is 79.0 Å². The molecule has 0 spiro atoms. The standard InChI is InChI=1S/C32H59N7O14/c1-33-22-28(41)35-5-15-51-17-19-53-21-20-52-18-16-50-14-4-34-27(40)3-2-26(32(48)49)39-12-10-37(24-30(44)45)8-6-36(23-29(42)43)7-9-38(11-13-39)25-31(46)47/h26,33H,2-25H2,1H3,(H,34,40)(H,35,41)(H,42,43)(H,44,45)(H,46,47)(H,48,49). The summed E-state index contributed by atoms with van der Waals surface area (Å²) >= 11 is 0. The van der Waals surface area contributed by atoms with Crippen molar-refractivity contribution in [2.45, 2.75) is 18.9 Å². The second kappa shape index (κ2) is 29.9. The van der Waals surface area contributed by atoms with E-state index in [2.05, 4.69) is 16.0 Å². The van der Waals surface area contributed by atoms with Gasteiger partial charge in [-0.3, -0.25) is 48.4 Å². The van der Waals surface area contributed by atoms with Crippen LogP contribution in [0.15, 0.2) is 0 Å². The minimum atomic E-state index is -1.17. The van der Waals surface area contributed by atoms with E-state index in [0.29, 0.717) is 52.8 Å². The van der Waals surface area contributed by atoms with Crippen molar-refractivity contribution in [1.82, 2.24) is 35.6 Å². The lowest BCUT2D eigenvalue weighted by molar-refractivity contribution is -0.145. The topological polar surface area (TPSA) is 269 Å². The van der Waals surface area contributed by atoms with Crippen molar-refractivity contribution in [3.8, 4) is 0 Å². The molecule has 1 unspecified atom stereocenters. The SMILES string of the molecule is CNCC(=O)NCCOCCOCCOCCOCCNC(=O)CCC(C(=O)O)N1CCN(CC(=O)O)CCN(CC(=O)O)CCN(CC(=O)O)CC1. The van der Waals surface area contributed by atoms with Crippen LogP contribution in [-0.2, 0) is 47.7 Å². The van der Waals surface area contributed by atoms with E-state index in [1.165, 1.54) is 0 Å². The van der Waals surface area contributed by atoms with Gasteiger partial charge >= 0.3 is 23.9 Å². The first kappa shape index (κ1) is 47.5. The van der Waals surface area contributed by atoms with Gasteiger partial charge in [-0.1, -0.05) is 0 Å². The Morgan fingerprint density at radius 2 is 0.906 bits per heavy atom. The lowest BCUT2D eigenvalue weighted by atomic mass is 10.1. The fourth-order valence-corrected chi connectivity index (χ4v) is 5.24. The molecule has 306 valence electrons. The Bertz CT molecular complexity index is 1060. The Morgan fingerprint density at radius 3 is 1.26 bits per heavy atom. The van der Waals surface area contributed by atoms with Crippen molar-refractivity contribution < 1.29 is 68.1 Å². The molecule has 21 heteroatoms. The molecule has 0 aromatic carbocycles. The van der Waals surface area contributed by atoms with Crippen LogP contribution in [0.1, 0.15) is 12.8 Å². The summed E-state index contributed by atoms with van der Waals surface area (Å²) in [6, 6.07) is -1.10. The molecule has 0 radical (unpaired) electrons. The van der Waals surface area contributed by atoms with Crippen molar-refractivity contribution in [3.05, 3.63) is 0 Å². The summed E-state index contributed by atoms with van der Waals surface area (Å²) in [5.41, 5.74) is 0. The molecule has 2 amide bonds. The van der Waals surface area contributed by atoms with E-state index in [1.54, 1.807) is 26.6 Å². The predicted molar refractivity (Wildman–Crippen MR) is 188 cm³/mol. The zero-order chi connectivity index (χ0) is 39.3. The van der Waals surface area contributed by atoms with Crippen molar-refractivity contribution in [1.29, 1.82) is 0 Å². The average Bonchev–Trinajstić information content (AvgIpc) is 3.08. The number of ether oxygens (including phenoxy) is 4. The summed E-state index contributed by atoms with van der Waals surface area (Å²) in [6.45, 7) is 4.08. The molecule has 0 bridgehead atoms. The molecule has 1 rings (SSSR count). The maximum Gasteiger partial charge on any atom is 0.320 e. The summed E-state index contributed by atoms with van der Waals surface area (Å²) < 4.78 is 21.7. The number of amides is 2. The van der Waals surface area contributed by atoms with E-state index < -0.39 is 29.9 Å². The second-order valence-electron chi connectivity index (χ2n) is 12.1. The van der Waals surface area contributed by atoms with Crippen molar-refractivity contribution >= 4 is 35.7 Å². The smallest absolute Gasteiger partial charge is 0.320 e. The largest absolute Gasteiger partial charge is 0.480 e. The van der Waals surface area contributed by atoms with Crippen molar-refractivity contribution in [2.75, 3.05) is 152 Å². The second-order valence-corrected chi connectivity index (χ2v) is 12.1. The molecule has 1 saturated heterocycles. The van der Waals surface area contributed by atoms with Crippen LogP contribution < -0.4 is 16.0 Å². The van der Waals surface area contributed by atoms with Crippen LogP contribution in [0.3, 0.4) is 0 Å².